The van der Waals surface area contributed by atoms with Crippen molar-refractivity contribution in [1.82, 2.24) is 4.90 Å². The summed E-state index contributed by atoms with van der Waals surface area (Å²) in [4.78, 5) is 32.4. The van der Waals surface area contributed by atoms with Gasteiger partial charge in [0.2, 0.25) is 11.8 Å². The minimum atomic E-state index is -0.486. The van der Waals surface area contributed by atoms with Gasteiger partial charge in [-0.25, -0.2) is 4.99 Å². The molecule has 2 amide bonds. The van der Waals surface area contributed by atoms with Crippen LogP contribution >= 0.6 is 11.8 Å². The Bertz CT molecular complexity index is 1080. The summed E-state index contributed by atoms with van der Waals surface area (Å²) in [6.45, 7) is 4.06. The van der Waals surface area contributed by atoms with E-state index in [1.165, 1.54) is 17.3 Å². The maximum atomic E-state index is 13.1. The Hall–Kier alpha value is -3.00. The van der Waals surface area contributed by atoms with Crippen LogP contribution in [-0.4, -0.2) is 47.4 Å². The van der Waals surface area contributed by atoms with Crippen LogP contribution in [0.4, 0.5) is 11.4 Å². The van der Waals surface area contributed by atoms with Crippen molar-refractivity contribution in [2.24, 2.45) is 4.99 Å². The minimum Gasteiger partial charge on any atom is -0.493 e. The monoisotopic (exact) mass is 453 g/mol. The lowest BCUT2D eigenvalue weighted by molar-refractivity contribution is -0.128. The van der Waals surface area contributed by atoms with Crippen molar-refractivity contribution in [3.63, 3.8) is 0 Å². The fourth-order valence-electron chi connectivity index (χ4n) is 3.69. The van der Waals surface area contributed by atoms with Crippen LogP contribution < -0.4 is 14.8 Å². The lowest BCUT2D eigenvalue weighted by atomic mass is 10.1. The zero-order valence-corrected chi connectivity index (χ0v) is 19.5. The molecule has 1 aliphatic carbocycles. The standard InChI is InChI=1S/C24H27N3O4S/c1-14-5-9-18(15(2)11-14)26-24-27(17-7-8-17)23(29)21(32-24)13-22(28)25-16-6-10-19(30-3)20(12-16)31-4/h5-6,9-12,17,21H,7-8,13H2,1-4H3,(H,25,28). The molecular weight excluding hydrogens is 426 g/mol. The van der Waals surface area contributed by atoms with Crippen LogP contribution in [0, 0.1) is 13.8 Å². The largest absolute Gasteiger partial charge is 0.493 e. The Labute approximate surface area is 192 Å². The van der Waals surface area contributed by atoms with E-state index in [0.29, 0.717) is 22.4 Å². The number of thioether (sulfide) groups is 1. The maximum absolute atomic E-state index is 13.1. The smallest absolute Gasteiger partial charge is 0.242 e. The number of amides is 2. The Morgan fingerprint density at radius 1 is 1.12 bits per heavy atom. The van der Waals surface area contributed by atoms with Crippen LogP contribution in [0.15, 0.2) is 41.4 Å². The molecule has 1 aliphatic heterocycles. The molecule has 2 aromatic carbocycles. The van der Waals surface area contributed by atoms with E-state index < -0.39 is 5.25 Å². The number of benzene rings is 2. The Kier molecular flexibility index (Phi) is 6.41. The molecule has 1 atom stereocenters. The average Bonchev–Trinajstić information content (AvgIpc) is 3.55. The normalized spacial score (nSPS) is 19.4. The number of aliphatic imine (C=N–C) groups is 1. The lowest BCUT2D eigenvalue weighted by Gasteiger charge is -2.15. The van der Waals surface area contributed by atoms with Gasteiger partial charge in [0, 0.05) is 24.2 Å². The third-order valence-electron chi connectivity index (χ3n) is 5.49. The number of nitrogens with zero attached hydrogens (tertiary/aromatic N) is 2. The fraction of sp³-hybridized carbons (Fsp3) is 0.375. The molecule has 0 bridgehead atoms. The first-order valence-corrected chi connectivity index (χ1v) is 11.4. The predicted octanol–water partition coefficient (Wildman–Crippen LogP) is 4.44. The summed E-state index contributed by atoms with van der Waals surface area (Å²) in [5.74, 6) is 0.842. The van der Waals surface area contributed by atoms with Crippen molar-refractivity contribution in [2.75, 3.05) is 19.5 Å². The van der Waals surface area contributed by atoms with E-state index in [0.717, 1.165) is 24.1 Å². The van der Waals surface area contributed by atoms with Crippen molar-refractivity contribution in [3.05, 3.63) is 47.5 Å². The molecule has 1 unspecified atom stereocenters. The number of rotatable bonds is 7. The number of aryl methyl sites for hydroxylation is 2. The number of amidine groups is 1. The maximum Gasteiger partial charge on any atom is 0.242 e. The molecule has 32 heavy (non-hydrogen) atoms. The number of nitrogens with one attached hydrogen (secondary N) is 1. The van der Waals surface area contributed by atoms with Gasteiger partial charge >= 0.3 is 0 Å². The highest BCUT2D eigenvalue weighted by atomic mass is 32.2. The van der Waals surface area contributed by atoms with Gasteiger partial charge in [0.1, 0.15) is 5.25 Å². The molecule has 0 aromatic heterocycles. The number of hydrogen-bond acceptors (Lipinski definition) is 6. The van der Waals surface area contributed by atoms with Crippen LogP contribution in [0.1, 0.15) is 30.4 Å². The Morgan fingerprint density at radius 2 is 1.88 bits per heavy atom. The molecule has 1 N–H and O–H groups in total. The summed E-state index contributed by atoms with van der Waals surface area (Å²) in [5.41, 5.74) is 3.68. The molecule has 2 aliphatic rings. The number of carbonyl (C=O) groups is 2. The van der Waals surface area contributed by atoms with Crippen LogP contribution in [0.25, 0.3) is 0 Å². The summed E-state index contributed by atoms with van der Waals surface area (Å²) in [6, 6.07) is 11.4. The van der Waals surface area contributed by atoms with Gasteiger partial charge < -0.3 is 14.8 Å². The van der Waals surface area contributed by atoms with Crippen molar-refractivity contribution in [2.45, 2.75) is 44.4 Å². The van der Waals surface area contributed by atoms with E-state index in [-0.39, 0.29) is 24.3 Å². The first kappa shape index (κ1) is 22.2. The summed E-state index contributed by atoms with van der Waals surface area (Å²) >= 11 is 1.38. The van der Waals surface area contributed by atoms with Gasteiger partial charge in [0.15, 0.2) is 16.7 Å². The first-order valence-electron chi connectivity index (χ1n) is 10.6. The van der Waals surface area contributed by atoms with Gasteiger partial charge in [-0.2, -0.15) is 0 Å². The van der Waals surface area contributed by atoms with Gasteiger partial charge in [-0.1, -0.05) is 29.5 Å². The lowest BCUT2D eigenvalue weighted by Crippen LogP contribution is -2.35. The van der Waals surface area contributed by atoms with Crippen molar-refractivity contribution in [1.29, 1.82) is 0 Å². The highest BCUT2D eigenvalue weighted by Crippen LogP contribution is 2.40. The zero-order valence-electron chi connectivity index (χ0n) is 18.7. The quantitative estimate of drug-likeness (QED) is 0.670. The van der Waals surface area contributed by atoms with Gasteiger partial charge in [-0.3, -0.25) is 14.5 Å². The fourth-order valence-corrected chi connectivity index (χ4v) is 4.90. The first-order chi connectivity index (χ1) is 15.4. The summed E-state index contributed by atoms with van der Waals surface area (Å²) in [7, 11) is 3.10. The zero-order chi connectivity index (χ0) is 22.8. The van der Waals surface area contributed by atoms with E-state index in [2.05, 4.69) is 11.4 Å². The molecule has 4 rings (SSSR count). The van der Waals surface area contributed by atoms with E-state index >= 15 is 0 Å². The predicted molar refractivity (Wildman–Crippen MR) is 127 cm³/mol. The molecule has 1 saturated carbocycles. The molecule has 0 radical (unpaired) electrons. The number of hydrogen-bond donors (Lipinski definition) is 1. The number of anilines is 1. The SMILES string of the molecule is COc1ccc(NC(=O)CC2SC(=Nc3ccc(C)cc3C)N(C3CC3)C2=O)cc1OC. The second-order valence-electron chi connectivity index (χ2n) is 8.05. The van der Waals surface area contributed by atoms with E-state index in [1.54, 1.807) is 37.3 Å². The summed E-state index contributed by atoms with van der Waals surface area (Å²) < 4.78 is 10.5. The Balaban J connectivity index is 1.49. The third kappa shape index (κ3) is 4.75. The van der Waals surface area contributed by atoms with Gasteiger partial charge in [0.25, 0.3) is 0 Å². The molecule has 7 nitrogen and oxygen atoms in total. The number of ether oxygens (including phenoxy) is 2. The molecule has 168 valence electrons. The topological polar surface area (TPSA) is 80.2 Å². The van der Waals surface area contributed by atoms with E-state index in [1.807, 2.05) is 26.0 Å². The third-order valence-corrected chi connectivity index (χ3v) is 6.64. The highest BCUT2D eigenvalue weighted by molar-refractivity contribution is 8.15. The molecule has 0 spiro atoms. The molecule has 2 aromatic rings. The van der Waals surface area contributed by atoms with Gasteiger partial charge in [-0.05, 0) is 50.5 Å². The summed E-state index contributed by atoms with van der Waals surface area (Å²) in [5, 5.41) is 3.06. The van der Waals surface area contributed by atoms with Crippen LogP contribution in [0.2, 0.25) is 0 Å². The van der Waals surface area contributed by atoms with E-state index in [9.17, 15) is 9.59 Å². The number of carbonyl (C=O) groups excluding carboxylic acids is 2. The van der Waals surface area contributed by atoms with Crippen molar-refractivity contribution >= 4 is 40.1 Å². The number of methoxy groups -OCH3 is 2. The van der Waals surface area contributed by atoms with Crippen LogP contribution in [0.5, 0.6) is 11.5 Å². The summed E-state index contributed by atoms with van der Waals surface area (Å²) in [6.07, 6.45) is 2.03. The second kappa shape index (κ2) is 9.24. The minimum absolute atomic E-state index is 0.0384. The van der Waals surface area contributed by atoms with Crippen LogP contribution in [-0.2, 0) is 9.59 Å². The average molecular weight is 454 g/mol. The molecule has 2 fully saturated rings. The van der Waals surface area contributed by atoms with Crippen molar-refractivity contribution in [3.8, 4) is 11.5 Å². The second-order valence-corrected chi connectivity index (χ2v) is 9.22. The van der Waals surface area contributed by atoms with E-state index in [4.69, 9.17) is 14.5 Å². The molecule has 1 heterocycles. The van der Waals surface area contributed by atoms with Gasteiger partial charge in [0.05, 0.1) is 19.9 Å². The highest BCUT2D eigenvalue weighted by Gasteiger charge is 2.46. The molecule has 1 saturated heterocycles. The van der Waals surface area contributed by atoms with Gasteiger partial charge in [-0.15, -0.1) is 0 Å². The molecule has 8 heteroatoms. The Morgan fingerprint density at radius 3 is 2.53 bits per heavy atom. The molecular formula is C24H27N3O4S. The van der Waals surface area contributed by atoms with Crippen molar-refractivity contribution < 1.29 is 19.1 Å². The van der Waals surface area contributed by atoms with Crippen LogP contribution in [0.3, 0.4) is 0 Å².